The molecule has 1 unspecified atom stereocenters. The number of benzene rings is 1. The Bertz CT molecular complexity index is 376. The second-order valence-corrected chi connectivity index (χ2v) is 4.63. The molecule has 0 bridgehead atoms. The average Bonchev–Trinajstić information content (AvgIpc) is 2.27. The molecule has 1 aromatic rings. The van der Waals surface area contributed by atoms with Crippen LogP contribution in [0.4, 0.5) is 0 Å². The van der Waals surface area contributed by atoms with E-state index >= 15 is 0 Å². The Balaban J connectivity index is 2.39. The number of nitrogens with one attached hydrogen (secondary N) is 1. The van der Waals surface area contributed by atoms with E-state index in [4.69, 9.17) is 28.3 Å². The summed E-state index contributed by atoms with van der Waals surface area (Å²) < 4.78 is 0. The SMILES string of the molecule is CC(NCCCc1c(Cl)cccc1Cl)C(=O)O. The first kappa shape index (κ1) is 14.3. The monoisotopic (exact) mass is 275 g/mol. The van der Waals surface area contributed by atoms with Crippen LogP contribution in [0.15, 0.2) is 18.2 Å². The lowest BCUT2D eigenvalue weighted by Crippen LogP contribution is -2.34. The van der Waals surface area contributed by atoms with Gasteiger partial charge in [-0.2, -0.15) is 0 Å². The molecular formula is C12H15Cl2NO2. The van der Waals surface area contributed by atoms with Crippen LogP contribution in [-0.2, 0) is 11.2 Å². The van der Waals surface area contributed by atoms with Crippen LogP contribution in [0.5, 0.6) is 0 Å². The van der Waals surface area contributed by atoms with E-state index in [0.717, 1.165) is 18.4 Å². The zero-order valence-electron chi connectivity index (χ0n) is 9.54. The maximum atomic E-state index is 10.6. The van der Waals surface area contributed by atoms with Crippen molar-refractivity contribution in [2.45, 2.75) is 25.8 Å². The maximum absolute atomic E-state index is 10.6. The number of halogens is 2. The predicted octanol–water partition coefficient (Wildman–Crippen LogP) is 2.99. The molecule has 0 saturated heterocycles. The van der Waals surface area contributed by atoms with E-state index in [0.29, 0.717) is 16.6 Å². The van der Waals surface area contributed by atoms with Crippen LogP contribution in [-0.4, -0.2) is 23.7 Å². The van der Waals surface area contributed by atoms with E-state index in [-0.39, 0.29) is 0 Å². The number of rotatable bonds is 6. The Morgan fingerprint density at radius 1 is 1.41 bits per heavy atom. The lowest BCUT2D eigenvalue weighted by Gasteiger charge is -2.10. The fourth-order valence-electron chi connectivity index (χ4n) is 1.44. The molecule has 3 nitrogen and oxygen atoms in total. The first-order valence-corrected chi connectivity index (χ1v) is 6.17. The summed E-state index contributed by atoms with van der Waals surface area (Å²) in [5.41, 5.74) is 0.917. The molecule has 94 valence electrons. The van der Waals surface area contributed by atoms with Gasteiger partial charge >= 0.3 is 5.97 Å². The van der Waals surface area contributed by atoms with Gasteiger partial charge in [0.2, 0.25) is 0 Å². The molecule has 1 rings (SSSR count). The van der Waals surface area contributed by atoms with Crippen molar-refractivity contribution in [3.8, 4) is 0 Å². The highest BCUT2D eigenvalue weighted by Gasteiger charge is 2.09. The Kier molecular flexibility index (Phi) is 5.75. The van der Waals surface area contributed by atoms with E-state index in [2.05, 4.69) is 5.32 Å². The minimum Gasteiger partial charge on any atom is -0.480 e. The number of hydrogen-bond donors (Lipinski definition) is 2. The minimum atomic E-state index is -0.847. The third kappa shape index (κ3) is 4.54. The zero-order valence-corrected chi connectivity index (χ0v) is 11.1. The molecule has 17 heavy (non-hydrogen) atoms. The fraction of sp³-hybridized carbons (Fsp3) is 0.417. The lowest BCUT2D eigenvalue weighted by atomic mass is 10.1. The van der Waals surface area contributed by atoms with Crippen LogP contribution in [0.1, 0.15) is 18.9 Å². The molecule has 0 saturated carbocycles. The molecule has 0 radical (unpaired) electrons. The normalized spacial score (nSPS) is 12.4. The number of carbonyl (C=O) groups is 1. The molecule has 0 aliphatic carbocycles. The minimum absolute atomic E-state index is 0.531. The van der Waals surface area contributed by atoms with Crippen LogP contribution in [0, 0.1) is 0 Å². The number of hydrogen-bond acceptors (Lipinski definition) is 2. The van der Waals surface area contributed by atoms with Crippen LogP contribution in [0.25, 0.3) is 0 Å². The molecule has 5 heteroatoms. The summed E-state index contributed by atoms with van der Waals surface area (Å²) >= 11 is 12.0. The van der Waals surface area contributed by atoms with E-state index < -0.39 is 12.0 Å². The Labute approximate surface area is 111 Å². The molecule has 0 aliphatic heterocycles. The summed E-state index contributed by atoms with van der Waals surface area (Å²) in [6.07, 6.45) is 1.53. The molecule has 0 aromatic heterocycles. The van der Waals surface area contributed by atoms with Crippen molar-refractivity contribution < 1.29 is 9.90 Å². The molecule has 0 fully saturated rings. The third-order valence-corrected chi connectivity index (χ3v) is 3.19. The second kappa shape index (κ2) is 6.84. The van der Waals surface area contributed by atoms with Crippen LogP contribution in [0.3, 0.4) is 0 Å². The third-order valence-electron chi connectivity index (χ3n) is 2.49. The van der Waals surface area contributed by atoms with Gasteiger partial charge in [0.05, 0.1) is 0 Å². The zero-order chi connectivity index (χ0) is 12.8. The Hall–Kier alpha value is -0.770. The van der Waals surface area contributed by atoms with Crippen LogP contribution < -0.4 is 5.32 Å². The van der Waals surface area contributed by atoms with Crippen molar-refractivity contribution in [3.05, 3.63) is 33.8 Å². The lowest BCUT2D eigenvalue weighted by molar-refractivity contribution is -0.138. The molecule has 1 atom stereocenters. The van der Waals surface area contributed by atoms with Crippen molar-refractivity contribution >= 4 is 29.2 Å². The summed E-state index contributed by atoms with van der Waals surface area (Å²) in [5, 5.41) is 12.9. The summed E-state index contributed by atoms with van der Waals surface area (Å²) in [6, 6.07) is 4.88. The second-order valence-electron chi connectivity index (χ2n) is 3.82. The molecule has 0 heterocycles. The topological polar surface area (TPSA) is 49.3 Å². The molecule has 2 N–H and O–H groups in total. The standard InChI is InChI=1S/C12H15Cl2NO2/c1-8(12(16)17)15-7-3-4-9-10(13)5-2-6-11(9)14/h2,5-6,8,15H,3-4,7H2,1H3,(H,16,17). The van der Waals surface area contributed by atoms with Gasteiger partial charge in [-0.15, -0.1) is 0 Å². The van der Waals surface area contributed by atoms with E-state index in [1.807, 2.05) is 0 Å². The van der Waals surface area contributed by atoms with Gasteiger partial charge in [-0.1, -0.05) is 29.3 Å². The van der Waals surface area contributed by atoms with Crippen molar-refractivity contribution in [3.63, 3.8) is 0 Å². The Morgan fingerprint density at radius 2 is 2.00 bits per heavy atom. The summed E-state index contributed by atoms with van der Waals surface area (Å²) in [6.45, 7) is 2.24. The molecule has 1 aromatic carbocycles. The van der Waals surface area contributed by atoms with Gasteiger partial charge < -0.3 is 10.4 Å². The molecule has 0 spiro atoms. The number of carboxylic acids is 1. The molecular weight excluding hydrogens is 261 g/mol. The number of aliphatic carboxylic acids is 1. The molecule has 0 aliphatic rings. The van der Waals surface area contributed by atoms with Crippen LogP contribution in [0.2, 0.25) is 10.0 Å². The quantitative estimate of drug-likeness (QED) is 0.785. The fourth-order valence-corrected chi connectivity index (χ4v) is 2.03. The van der Waals surface area contributed by atoms with Crippen molar-refractivity contribution in [1.29, 1.82) is 0 Å². The van der Waals surface area contributed by atoms with Crippen molar-refractivity contribution in [2.75, 3.05) is 6.54 Å². The van der Waals surface area contributed by atoms with Gasteiger partial charge in [0.25, 0.3) is 0 Å². The van der Waals surface area contributed by atoms with Gasteiger partial charge in [-0.05, 0) is 44.0 Å². The smallest absolute Gasteiger partial charge is 0.320 e. The van der Waals surface area contributed by atoms with Crippen molar-refractivity contribution in [1.82, 2.24) is 5.32 Å². The van der Waals surface area contributed by atoms with Gasteiger partial charge in [0, 0.05) is 10.0 Å². The highest BCUT2D eigenvalue weighted by molar-refractivity contribution is 6.35. The van der Waals surface area contributed by atoms with Gasteiger partial charge in [0.1, 0.15) is 6.04 Å². The summed E-state index contributed by atoms with van der Waals surface area (Å²) in [7, 11) is 0. The van der Waals surface area contributed by atoms with E-state index in [1.54, 1.807) is 25.1 Å². The highest BCUT2D eigenvalue weighted by atomic mass is 35.5. The highest BCUT2D eigenvalue weighted by Crippen LogP contribution is 2.25. The largest absolute Gasteiger partial charge is 0.480 e. The van der Waals surface area contributed by atoms with Gasteiger partial charge in [-0.25, -0.2) is 0 Å². The van der Waals surface area contributed by atoms with Gasteiger partial charge in [-0.3, -0.25) is 4.79 Å². The van der Waals surface area contributed by atoms with E-state index in [9.17, 15) is 4.79 Å². The predicted molar refractivity (Wildman–Crippen MR) is 69.9 cm³/mol. The van der Waals surface area contributed by atoms with E-state index in [1.165, 1.54) is 0 Å². The Morgan fingerprint density at radius 3 is 2.53 bits per heavy atom. The van der Waals surface area contributed by atoms with Crippen LogP contribution >= 0.6 is 23.2 Å². The van der Waals surface area contributed by atoms with Gasteiger partial charge in [0.15, 0.2) is 0 Å². The number of carboxylic acid groups (broad SMARTS) is 1. The molecule has 0 amide bonds. The first-order chi connectivity index (χ1) is 8.02. The first-order valence-electron chi connectivity index (χ1n) is 5.41. The average molecular weight is 276 g/mol. The maximum Gasteiger partial charge on any atom is 0.320 e. The van der Waals surface area contributed by atoms with Crippen molar-refractivity contribution in [2.24, 2.45) is 0 Å². The summed E-state index contributed by atoms with van der Waals surface area (Å²) in [5.74, 6) is -0.847. The summed E-state index contributed by atoms with van der Waals surface area (Å²) in [4.78, 5) is 10.6.